The van der Waals surface area contributed by atoms with Gasteiger partial charge in [-0.2, -0.15) is 0 Å². The van der Waals surface area contributed by atoms with Crippen LogP contribution in [0, 0.1) is 0 Å². The number of allylic oxidation sites excluding steroid dienone is 1. The van der Waals surface area contributed by atoms with Crippen molar-refractivity contribution >= 4 is 11.8 Å². The van der Waals surface area contributed by atoms with Gasteiger partial charge in [0.25, 0.3) is 0 Å². The Bertz CT molecular complexity index is 420. The lowest BCUT2D eigenvalue weighted by atomic mass is 10.1. The number of rotatable bonds is 5. The molecule has 0 amide bonds. The van der Waals surface area contributed by atoms with Crippen LogP contribution in [0.2, 0.25) is 0 Å². The highest BCUT2D eigenvalue weighted by atomic mass is 16.5. The fourth-order valence-corrected chi connectivity index (χ4v) is 1.30. The van der Waals surface area contributed by atoms with Gasteiger partial charge in [0.15, 0.2) is 5.78 Å². The van der Waals surface area contributed by atoms with Crippen LogP contribution in [0.5, 0.6) is 0 Å². The molecule has 0 saturated carbocycles. The molecular formula is C13H14O4. The molecule has 1 aromatic carbocycles. The van der Waals surface area contributed by atoms with E-state index in [0.717, 1.165) is 18.7 Å². The van der Waals surface area contributed by atoms with Crippen LogP contribution in [0.4, 0.5) is 0 Å². The first-order valence-corrected chi connectivity index (χ1v) is 5.19. The molecule has 4 nitrogen and oxygen atoms in total. The maximum atomic E-state index is 11.4. The first-order valence-electron chi connectivity index (χ1n) is 5.19. The highest BCUT2D eigenvalue weighted by molar-refractivity contribution is 5.97. The Labute approximate surface area is 99.5 Å². The summed E-state index contributed by atoms with van der Waals surface area (Å²) in [6.45, 7) is 0. The number of methoxy groups -OCH3 is 1. The lowest BCUT2D eigenvalue weighted by Gasteiger charge is -1.99. The number of aliphatic hydroxyl groups is 1. The Hall–Kier alpha value is -2.10. The molecule has 0 unspecified atom stereocenters. The van der Waals surface area contributed by atoms with E-state index >= 15 is 0 Å². The van der Waals surface area contributed by atoms with Gasteiger partial charge in [-0.05, 0) is 12.0 Å². The third-order valence-corrected chi connectivity index (χ3v) is 2.20. The second kappa shape index (κ2) is 6.48. The standard InChI is InChI=1S/C13H14O4/c1-17-13(16)12(15)9-11(14)8-7-10-5-3-2-4-6-10/h2-6,9,15H,7-8H2,1H3. The molecular weight excluding hydrogens is 220 g/mol. The van der Waals surface area contributed by atoms with Gasteiger partial charge in [0.2, 0.25) is 5.76 Å². The maximum absolute atomic E-state index is 11.4. The number of aryl methyl sites for hydroxylation is 1. The zero-order chi connectivity index (χ0) is 12.7. The molecule has 0 saturated heterocycles. The van der Waals surface area contributed by atoms with Gasteiger partial charge in [-0.25, -0.2) is 4.79 Å². The Kier molecular flexibility index (Phi) is 4.94. The fourth-order valence-electron chi connectivity index (χ4n) is 1.30. The van der Waals surface area contributed by atoms with E-state index in [1.807, 2.05) is 30.3 Å². The Balaban J connectivity index is 2.48. The Morgan fingerprint density at radius 2 is 1.94 bits per heavy atom. The molecule has 0 atom stereocenters. The largest absolute Gasteiger partial charge is 0.502 e. The first-order chi connectivity index (χ1) is 8.13. The molecule has 0 radical (unpaired) electrons. The minimum absolute atomic E-state index is 0.241. The second-order valence-electron chi connectivity index (χ2n) is 3.47. The number of hydrogen-bond donors (Lipinski definition) is 1. The van der Waals surface area contributed by atoms with Gasteiger partial charge < -0.3 is 9.84 Å². The van der Waals surface area contributed by atoms with E-state index < -0.39 is 11.7 Å². The van der Waals surface area contributed by atoms with Crippen molar-refractivity contribution in [2.24, 2.45) is 0 Å². The van der Waals surface area contributed by atoms with Crippen molar-refractivity contribution < 1.29 is 19.4 Å². The molecule has 0 aromatic heterocycles. The Morgan fingerprint density at radius 1 is 1.29 bits per heavy atom. The van der Waals surface area contributed by atoms with Crippen molar-refractivity contribution in [3.05, 3.63) is 47.7 Å². The van der Waals surface area contributed by atoms with Crippen molar-refractivity contribution in [2.75, 3.05) is 7.11 Å². The first kappa shape index (κ1) is 13.0. The normalized spacial score (nSPS) is 11.0. The van der Waals surface area contributed by atoms with E-state index in [-0.39, 0.29) is 12.2 Å². The zero-order valence-corrected chi connectivity index (χ0v) is 9.55. The van der Waals surface area contributed by atoms with Crippen LogP contribution >= 0.6 is 0 Å². The number of ether oxygens (including phenoxy) is 1. The monoisotopic (exact) mass is 234 g/mol. The van der Waals surface area contributed by atoms with E-state index in [1.165, 1.54) is 0 Å². The number of hydrogen-bond acceptors (Lipinski definition) is 4. The van der Waals surface area contributed by atoms with Crippen molar-refractivity contribution in [1.82, 2.24) is 0 Å². The summed E-state index contributed by atoms with van der Waals surface area (Å²) in [5, 5.41) is 9.15. The molecule has 0 heterocycles. The molecule has 17 heavy (non-hydrogen) atoms. The molecule has 0 aliphatic heterocycles. The molecule has 0 fully saturated rings. The number of carbonyl (C=O) groups is 2. The number of carbonyl (C=O) groups excluding carboxylic acids is 2. The van der Waals surface area contributed by atoms with Crippen LogP contribution in [-0.4, -0.2) is 24.0 Å². The minimum Gasteiger partial charge on any atom is -0.502 e. The zero-order valence-electron chi connectivity index (χ0n) is 9.55. The smallest absolute Gasteiger partial charge is 0.373 e. The van der Waals surface area contributed by atoms with Gasteiger partial charge in [-0.3, -0.25) is 4.79 Å². The molecule has 1 N–H and O–H groups in total. The van der Waals surface area contributed by atoms with Gasteiger partial charge >= 0.3 is 5.97 Å². The van der Waals surface area contributed by atoms with Gasteiger partial charge in [0, 0.05) is 12.5 Å². The van der Waals surface area contributed by atoms with E-state index in [1.54, 1.807) is 0 Å². The molecule has 0 aliphatic carbocycles. The minimum atomic E-state index is -0.905. The summed E-state index contributed by atoms with van der Waals surface area (Å²) >= 11 is 0. The molecule has 0 aliphatic rings. The molecule has 4 heteroatoms. The van der Waals surface area contributed by atoms with Gasteiger partial charge in [-0.1, -0.05) is 30.3 Å². The highest BCUT2D eigenvalue weighted by Gasteiger charge is 2.09. The van der Waals surface area contributed by atoms with Crippen molar-refractivity contribution in [1.29, 1.82) is 0 Å². The summed E-state index contributed by atoms with van der Waals surface area (Å²) in [7, 11) is 1.14. The maximum Gasteiger partial charge on any atom is 0.373 e. The number of benzene rings is 1. The van der Waals surface area contributed by atoms with Crippen LogP contribution in [0.1, 0.15) is 12.0 Å². The van der Waals surface area contributed by atoms with Crippen LogP contribution in [0.3, 0.4) is 0 Å². The SMILES string of the molecule is COC(=O)C(O)=CC(=O)CCc1ccccc1. The van der Waals surface area contributed by atoms with Crippen LogP contribution in [0.15, 0.2) is 42.2 Å². The predicted octanol–water partition coefficient (Wildman–Crippen LogP) is 1.80. The summed E-state index contributed by atoms with van der Waals surface area (Å²) in [5.41, 5.74) is 1.03. The third-order valence-electron chi connectivity index (χ3n) is 2.20. The lowest BCUT2D eigenvalue weighted by molar-refractivity contribution is -0.139. The van der Waals surface area contributed by atoms with Gasteiger partial charge in [-0.15, -0.1) is 0 Å². The van der Waals surface area contributed by atoms with Gasteiger partial charge in [0.05, 0.1) is 7.11 Å². The van der Waals surface area contributed by atoms with Crippen LogP contribution in [0.25, 0.3) is 0 Å². The van der Waals surface area contributed by atoms with E-state index in [2.05, 4.69) is 4.74 Å². The average molecular weight is 234 g/mol. The number of esters is 1. The number of ketones is 1. The van der Waals surface area contributed by atoms with Crippen molar-refractivity contribution in [3.63, 3.8) is 0 Å². The van der Waals surface area contributed by atoms with Crippen molar-refractivity contribution in [2.45, 2.75) is 12.8 Å². The average Bonchev–Trinajstić information content (AvgIpc) is 2.36. The van der Waals surface area contributed by atoms with Crippen LogP contribution in [-0.2, 0) is 20.7 Å². The van der Waals surface area contributed by atoms with E-state index in [9.17, 15) is 9.59 Å². The van der Waals surface area contributed by atoms with E-state index in [4.69, 9.17) is 5.11 Å². The van der Waals surface area contributed by atoms with Gasteiger partial charge in [0.1, 0.15) is 0 Å². The lowest BCUT2D eigenvalue weighted by Crippen LogP contribution is -2.07. The quantitative estimate of drug-likeness (QED) is 0.479. The van der Waals surface area contributed by atoms with Crippen molar-refractivity contribution in [3.8, 4) is 0 Å². The molecule has 0 spiro atoms. The van der Waals surface area contributed by atoms with E-state index in [0.29, 0.717) is 6.42 Å². The summed E-state index contributed by atoms with van der Waals surface area (Å²) in [6.07, 6.45) is 1.71. The number of aliphatic hydroxyl groups excluding tert-OH is 1. The summed E-state index contributed by atoms with van der Waals surface area (Å²) < 4.78 is 4.27. The third kappa shape index (κ3) is 4.51. The summed E-state index contributed by atoms with van der Waals surface area (Å²) in [6, 6.07) is 9.51. The fraction of sp³-hybridized carbons (Fsp3) is 0.231. The highest BCUT2D eigenvalue weighted by Crippen LogP contribution is 2.04. The Morgan fingerprint density at radius 3 is 2.53 bits per heavy atom. The molecule has 90 valence electrons. The summed E-state index contributed by atoms with van der Waals surface area (Å²) in [4.78, 5) is 22.2. The molecule has 0 bridgehead atoms. The second-order valence-corrected chi connectivity index (χ2v) is 3.47. The predicted molar refractivity (Wildman–Crippen MR) is 62.5 cm³/mol. The van der Waals surface area contributed by atoms with Crippen LogP contribution < -0.4 is 0 Å². The topological polar surface area (TPSA) is 63.6 Å². The summed E-state index contributed by atoms with van der Waals surface area (Å²) in [5.74, 6) is -1.87. The molecule has 1 aromatic rings. The molecule has 1 rings (SSSR count).